The normalized spacial score (nSPS) is 15.2. The molecule has 0 aromatic heterocycles. The topological polar surface area (TPSA) is 30.5 Å². The van der Waals surface area contributed by atoms with Crippen molar-refractivity contribution in [2.75, 3.05) is 19.8 Å². The summed E-state index contributed by atoms with van der Waals surface area (Å²) in [7, 11) is 0. The third kappa shape index (κ3) is 9.57. The second-order valence-electron chi connectivity index (χ2n) is 4.73. The molecule has 3 nitrogen and oxygen atoms in total. The third-order valence-electron chi connectivity index (χ3n) is 3.03. The van der Waals surface area contributed by atoms with Gasteiger partial charge in [0, 0.05) is 32.2 Å². The van der Waals surface area contributed by atoms with Gasteiger partial charge in [0.2, 0.25) is 0 Å². The van der Waals surface area contributed by atoms with Crippen LogP contribution >= 0.6 is 0 Å². The zero-order chi connectivity index (χ0) is 13.1. The Labute approximate surface area is 107 Å². The highest BCUT2D eigenvalue weighted by atomic mass is 16.7. The summed E-state index contributed by atoms with van der Waals surface area (Å²) in [4.78, 5) is 0. The molecule has 0 aliphatic carbocycles. The highest BCUT2D eigenvalue weighted by molar-refractivity contribution is 4.64. The van der Waals surface area contributed by atoms with E-state index in [4.69, 9.17) is 9.47 Å². The van der Waals surface area contributed by atoms with Crippen LogP contribution in [0.2, 0.25) is 0 Å². The Balaban J connectivity index is 3.64. The van der Waals surface area contributed by atoms with Crippen molar-refractivity contribution in [3.8, 4) is 0 Å². The Morgan fingerprint density at radius 1 is 1.00 bits per heavy atom. The van der Waals surface area contributed by atoms with Crippen molar-refractivity contribution >= 4 is 0 Å². The van der Waals surface area contributed by atoms with Crippen LogP contribution in [-0.4, -0.2) is 32.1 Å². The molecule has 2 unspecified atom stereocenters. The summed E-state index contributed by atoms with van der Waals surface area (Å²) in [6, 6.07) is 0.578. The minimum Gasteiger partial charge on any atom is -0.353 e. The van der Waals surface area contributed by atoms with Crippen molar-refractivity contribution in [2.45, 2.75) is 66.2 Å². The maximum atomic E-state index is 5.50. The Bertz CT molecular complexity index is 158. The van der Waals surface area contributed by atoms with Crippen LogP contribution in [0.1, 0.15) is 53.9 Å². The van der Waals surface area contributed by atoms with Gasteiger partial charge in [0.05, 0.1) is 0 Å². The Kier molecular flexibility index (Phi) is 10.9. The molecule has 0 bridgehead atoms. The number of nitrogens with one attached hydrogen (secondary N) is 1. The Morgan fingerprint density at radius 2 is 1.59 bits per heavy atom. The van der Waals surface area contributed by atoms with Gasteiger partial charge < -0.3 is 14.8 Å². The van der Waals surface area contributed by atoms with E-state index in [1.54, 1.807) is 0 Å². The largest absolute Gasteiger partial charge is 0.353 e. The van der Waals surface area contributed by atoms with Gasteiger partial charge in [-0.05, 0) is 33.1 Å². The highest BCUT2D eigenvalue weighted by Gasteiger charge is 2.10. The average molecular weight is 245 g/mol. The first-order chi connectivity index (χ1) is 8.13. The van der Waals surface area contributed by atoms with Crippen molar-refractivity contribution in [3.05, 3.63) is 0 Å². The van der Waals surface area contributed by atoms with Crippen LogP contribution in [0.4, 0.5) is 0 Å². The summed E-state index contributed by atoms with van der Waals surface area (Å²) in [5, 5.41) is 3.54. The average Bonchev–Trinajstić information content (AvgIpc) is 2.29. The molecule has 0 aromatic carbocycles. The molecule has 0 saturated carbocycles. The fourth-order valence-corrected chi connectivity index (χ4v) is 1.89. The zero-order valence-corrected chi connectivity index (χ0v) is 12.3. The summed E-state index contributed by atoms with van der Waals surface area (Å²) in [6.45, 7) is 13.2. The fraction of sp³-hybridized carbons (Fsp3) is 1.00. The summed E-state index contributed by atoms with van der Waals surface area (Å²) in [5.74, 6) is 0.798. The molecular weight excluding hydrogens is 214 g/mol. The van der Waals surface area contributed by atoms with Crippen LogP contribution in [0.5, 0.6) is 0 Å². The molecule has 2 atom stereocenters. The van der Waals surface area contributed by atoms with E-state index < -0.39 is 0 Å². The molecule has 0 saturated heterocycles. The van der Waals surface area contributed by atoms with E-state index in [0.717, 1.165) is 18.9 Å². The lowest BCUT2D eigenvalue weighted by Gasteiger charge is -2.20. The first-order valence-electron chi connectivity index (χ1n) is 7.10. The summed E-state index contributed by atoms with van der Waals surface area (Å²) in [6.07, 6.45) is 3.37. The van der Waals surface area contributed by atoms with E-state index >= 15 is 0 Å². The van der Waals surface area contributed by atoms with E-state index in [1.165, 1.54) is 12.8 Å². The van der Waals surface area contributed by atoms with Gasteiger partial charge in [-0.25, -0.2) is 0 Å². The van der Waals surface area contributed by atoms with Gasteiger partial charge >= 0.3 is 0 Å². The van der Waals surface area contributed by atoms with Crippen molar-refractivity contribution in [1.29, 1.82) is 0 Å². The predicted molar refractivity (Wildman–Crippen MR) is 73.2 cm³/mol. The van der Waals surface area contributed by atoms with Gasteiger partial charge in [0.1, 0.15) is 0 Å². The predicted octanol–water partition coefficient (Wildman–Crippen LogP) is 3.19. The van der Waals surface area contributed by atoms with E-state index in [-0.39, 0.29) is 6.29 Å². The second-order valence-corrected chi connectivity index (χ2v) is 4.73. The third-order valence-corrected chi connectivity index (χ3v) is 3.03. The maximum Gasteiger partial charge on any atom is 0.158 e. The monoisotopic (exact) mass is 245 g/mol. The Hall–Kier alpha value is -0.120. The maximum absolute atomic E-state index is 5.50. The molecule has 0 aromatic rings. The molecule has 0 aliphatic rings. The van der Waals surface area contributed by atoms with Crippen molar-refractivity contribution < 1.29 is 9.47 Å². The molecule has 0 fully saturated rings. The molecular formula is C14H31NO2. The summed E-state index contributed by atoms with van der Waals surface area (Å²) >= 11 is 0. The van der Waals surface area contributed by atoms with Crippen molar-refractivity contribution in [1.82, 2.24) is 5.32 Å². The van der Waals surface area contributed by atoms with Gasteiger partial charge in [-0.3, -0.25) is 0 Å². The molecule has 0 rings (SSSR count). The van der Waals surface area contributed by atoms with Crippen LogP contribution in [0, 0.1) is 5.92 Å². The molecule has 1 N–H and O–H groups in total. The van der Waals surface area contributed by atoms with Crippen LogP contribution in [0.25, 0.3) is 0 Å². The number of hydrogen-bond acceptors (Lipinski definition) is 3. The van der Waals surface area contributed by atoms with E-state index in [9.17, 15) is 0 Å². The Morgan fingerprint density at radius 3 is 2.06 bits per heavy atom. The summed E-state index contributed by atoms with van der Waals surface area (Å²) in [5.41, 5.74) is 0. The smallest absolute Gasteiger partial charge is 0.158 e. The molecule has 3 heteroatoms. The first-order valence-corrected chi connectivity index (χ1v) is 7.10. The van der Waals surface area contributed by atoms with Gasteiger partial charge in [-0.15, -0.1) is 0 Å². The molecule has 0 spiro atoms. The number of rotatable bonds is 11. The lowest BCUT2D eigenvalue weighted by molar-refractivity contribution is -0.138. The van der Waals surface area contributed by atoms with Crippen LogP contribution in [0.15, 0.2) is 0 Å². The van der Waals surface area contributed by atoms with E-state index in [2.05, 4.69) is 26.1 Å². The van der Waals surface area contributed by atoms with Gasteiger partial charge in [-0.2, -0.15) is 0 Å². The van der Waals surface area contributed by atoms with Gasteiger partial charge in [0.15, 0.2) is 6.29 Å². The number of ether oxygens (including phenoxy) is 2. The molecule has 104 valence electrons. The molecule has 0 aliphatic heterocycles. The standard InChI is InChI=1S/C14H31NO2/c1-6-12(4)11-13(5)15-10-9-14(16-7-2)17-8-3/h12-15H,6-11H2,1-5H3. The van der Waals surface area contributed by atoms with Crippen LogP contribution < -0.4 is 5.32 Å². The van der Waals surface area contributed by atoms with Gasteiger partial charge in [0.25, 0.3) is 0 Å². The SMILES string of the molecule is CCOC(CCNC(C)CC(C)CC)OCC. The molecule has 0 amide bonds. The van der Waals surface area contributed by atoms with Crippen LogP contribution in [0.3, 0.4) is 0 Å². The quantitative estimate of drug-likeness (QED) is 0.567. The number of hydrogen-bond donors (Lipinski definition) is 1. The molecule has 17 heavy (non-hydrogen) atoms. The van der Waals surface area contributed by atoms with Gasteiger partial charge in [-0.1, -0.05) is 20.3 Å². The lowest BCUT2D eigenvalue weighted by atomic mass is 10.0. The van der Waals surface area contributed by atoms with E-state index in [0.29, 0.717) is 19.3 Å². The highest BCUT2D eigenvalue weighted by Crippen LogP contribution is 2.09. The molecule has 0 heterocycles. The lowest BCUT2D eigenvalue weighted by Crippen LogP contribution is -2.32. The van der Waals surface area contributed by atoms with E-state index in [1.807, 2.05) is 13.8 Å². The molecule has 0 radical (unpaired) electrons. The van der Waals surface area contributed by atoms with Crippen LogP contribution in [-0.2, 0) is 9.47 Å². The minimum absolute atomic E-state index is 0.0479. The second kappa shape index (κ2) is 11.0. The first kappa shape index (κ1) is 16.9. The van der Waals surface area contributed by atoms with Crippen molar-refractivity contribution in [2.24, 2.45) is 5.92 Å². The minimum atomic E-state index is -0.0479. The van der Waals surface area contributed by atoms with Crippen molar-refractivity contribution in [3.63, 3.8) is 0 Å². The fourth-order valence-electron chi connectivity index (χ4n) is 1.89. The summed E-state index contributed by atoms with van der Waals surface area (Å²) < 4.78 is 11.0. The zero-order valence-electron chi connectivity index (χ0n) is 12.3.